The van der Waals surface area contributed by atoms with Crippen molar-refractivity contribution in [3.05, 3.63) is 53.3 Å². The van der Waals surface area contributed by atoms with Crippen molar-refractivity contribution in [1.82, 2.24) is 19.9 Å². The van der Waals surface area contributed by atoms with E-state index < -0.39 is 0 Å². The summed E-state index contributed by atoms with van der Waals surface area (Å²) in [6.45, 7) is 14.4. The molecule has 10 nitrogen and oxygen atoms in total. The van der Waals surface area contributed by atoms with Crippen molar-refractivity contribution < 1.29 is 9.59 Å². The number of hydrogen-bond donors (Lipinski definition) is 1. The fourth-order valence-corrected chi connectivity index (χ4v) is 5.75. The highest BCUT2D eigenvalue weighted by Gasteiger charge is 2.35. The molecule has 0 aliphatic carbocycles. The molecule has 5 rings (SSSR count). The van der Waals surface area contributed by atoms with Gasteiger partial charge in [0.25, 0.3) is 5.91 Å². The van der Waals surface area contributed by atoms with Crippen LogP contribution in [0.5, 0.6) is 0 Å². The molecule has 1 fully saturated rings. The van der Waals surface area contributed by atoms with Crippen molar-refractivity contribution in [2.75, 3.05) is 53.2 Å². The molecule has 0 spiro atoms. The standard InChI is InChI=1S/C27H32N8O2S/c1-7-22(36)34-12-10-33(11-13-34)19-8-9-20(17(4)14-19)30-27-28-15-21-24(31-27)32(6)26-23(29-18(5)38-26)25(37)35(21)16(2)3/h7-9,14-16H,1,10-13H2,2-6H3,(H,28,30,31). The van der Waals surface area contributed by atoms with Crippen molar-refractivity contribution in [1.29, 1.82) is 0 Å². The molecular weight excluding hydrogens is 500 g/mol. The molecule has 0 unspecified atom stereocenters. The number of carbonyl (C=O) groups excluding carboxylic acids is 2. The van der Waals surface area contributed by atoms with Gasteiger partial charge in [-0.15, -0.1) is 11.3 Å². The molecule has 0 saturated carbocycles. The van der Waals surface area contributed by atoms with Gasteiger partial charge in [0.2, 0.25) is 11.9 Å². The van der Waals surface area contributed by atoms with Crippen LogP contribution in [-0.2, 0) is 4.79 Å². The highest BCUT2D eigenvalue weighted by atomic mass is 32.1. The number of piperazine rings is 1. The van der Waals surface area contributed by atoms with Gasteiger partial charge in [-0.3, -0.25) is 14.5 Å². The number of anilines is 6. The van der Waals surface area contributed by atoms with Crippen molar-refractivity contribution in [2.45, 2.75) is 33.7 Å². The molecule has 2 aromatic heterocycles. The Labute approximate surface area is 226 Å². The van der Waals surface area contributed by atoms with Gasteiger partial charge in [0.15, 0.2) is 11.5 Å². The lowest BCUT2D eigenvalue weighted by molar-refractivity contribution is -0.126. The van der Waals surface area contributed by atoms with Gasteiger partial charge in [-0.2, -0.15) is 4.98 Å². The summed E-state index contributed by atoms with van der Waals surface area (Å²) in [4.78, 5) is 46.9. The van der Waals surface area contributed by atoms with Crippen LogP contribution in [0.2, 0.25) is 0 Å². The van der Waals surface area contributed by atoms with E-state index >= 15 is 0 Å². The molecule has 1 aromatic carbocycles. The number of benzene rings is 1. The van der Waals surface area contributed by atoms with E-state index in [0.29, 0.717) is 36.2 Å². The largest absolute Gasteiger partial charge is 0.368 e. The number of nitrogens with one attached hydrogen (secondary N) is 1. The summed E-state index contributed by atoms with van der Waals surface area (Å²) < 4.78 is 0. The molecule has 38 heavy (non-hydrogen) atoms. The van der Waals surface area contributed by atoms with Crippen LogP contribution in [0.4, 0.5) is 33.8 Å². The summed E-state index contributed by atoms with van der Waals surface area (Å²) >= 11 is 1.48. The van der Waals surface area contributed by atoms with Crippen LogP contribution in [0.3, 0.4) is 0 Å². The molecule has 3 aromatic rings. The number of nitrogens with zero attached hydrogens (tertiary/aromatic N) is 7. The Morgan fingerprint density at radius 3 is 2.55 bits per heavy atom. The number of amides is 2. The Morgan fingerprint density at radius 1 is 1.16 bits per heavy atom. The second-order valence-corrected chi connectivity index (χ2v) is 10.9. The van der Waals surface area contributed by atoms with E-state index in [4.69, 9.17) is 4.98 Å². The number of hydrogen-bond acceptors (Lipinski definition) is 9. The maximum absolute atomic E-state index is 13.4. The lowest BCUT2D eigenvalue weighted by Gasteiger charge is -2.36. The Hall–Kier alpha value is -3.99. The molecule has 2 amide bonds. The summed E-state index contributed by atoms with van der Waals surface area (Å²) in [7, 11) is 1.91. The lowest BCUT2D eigenvalue weighted by atomic mass is 10.1. The van der Waals surface area contributed by atoms with Crippen molar-refractivity contribution in [3.63, 3.8) is 0 Å². The van der Waals surface area contributed by atoms with Crippen molar-refractivity contribution >= 4 is 57.0 Å². The van der Waals surface area contributed by atoms with Crippen LogP contribution in [0.15, 0.2) is 37.1 Å². The number of aromatic nitrogens is 3. The van der Waals surface area contributed by atoms with Gasteiger partial charge >= 0.3 is 0 Å². The van der Waals surface area contributed by atoms with E-state index in [-0.39, 0.29) is 17.9 Å². The normalized spacial score (nSPS) is 15.4. The minimum absolute atomic E-state index is 0.0191. The van der Waals surface area contributed by atoms with Gasteiger partial charge in [-0.25, -0.2) is 9.97 Å². The third-order valence-electron chi connectivity index (χ3n) is 6.87. The summed E-state index contributed by atoms with van der Waals surface area (Å²) in [5.41, 5.74) is 4.16. The molecule has 1 saturated heterocycles. The van der Waals surface area contributed by atoms with E-state index in [1.807, 2.05) is 50.6 Å². The first kappa shape index (κ1) is 25.7. The zero-order valence-corrected chi connectivity index (χ0v) is 23.2. The van der Waals surface area contributed by atoms with E-state index in [1.54, 1.807) is 11.1 Å². The molecule has 4 heterocycles. The van der Waals surface area contributed by atoms with Gasteiger partial charge in [0.1, 0.15) is 10.7 Å². The number of thiazole rings is 1. The monoisotopic (exact) mass is 532 g/mol. The Bertz CT molecular complexity index is 1410. The van der Waals surface area contributed by atoms with Gasteiger partial charge in [0, 0.05) is 50.6 Å². The minimum Gasteiger partial charge on any atom is -0.368 e. The molecule has 2 aliphatic rings. The number of fused-ring (bicyclic) bond motifs is 2. The Balaban J connectivity index is 1.40. The predicted octanol–water partition coefficient (Wildman–Crippen LogP) is 4.26. The van der Waals surface area contributed by atoms with E-state index in [0.717, 1.165) is 40.0 Å². The maximum Gasteiger partial charge on any atom is 0.280 e. The van der Waals surface area contributed by atoms with Gasteiger partial charge in [-0.05, 0) is 57.5 Å². The summed E-state index contributed by atoms with van der Waals surface area (Å²) in [6, 6.07) is 6.14. The van der Waals surface area contributed by atoms with Crippen molar-refractivity contribution in [2.24, 2.45) is 0 Å². The van der Waals surface area contributed by atoms with E-state index in [1.165, 1.54) is 17.4 Å². The van der Waals surface area contributed by atoms with Crippen LogP contribution >= 0.6 is 11.3 Å². The fraction of sp³-hybridized carbons (Fsp3) is 0.370. The molecule has 2 aliphatic heterocycles. The molecule has 0 bridgehead atoms. The van der Waals surface area contributed by atoms with Crippen molar-refractivity contribution in [3.8, 4) is 0 Å². The van der Waals surface area contributed by atoms with Crippen LogP contribution in [0.1, 0.15) is 34.9 Å². The molecule has 1 N–H and O–H groups in total. The maximum atomic E-state index is 13.4. The second kappa shape index (κ2) is 10.1. The number of aryl methyl sites for hydroxylation is 2. The zero-order chi connectivity index (χ0) is 27.1. The quantitative estimate of drug-likeness (QED) is 0.487. The average molecular weight is 533 g/mol. The number of carbonyl (C=O) groups is 2. The Kier molecular flexibility index (Phi) is 6.78. The van der Waals surface area contributed by atoms with Crippen LogP contribution in [0, 0.1) is 13.8 Å². The van der Waals surface area contributed by atoms with E-state index in [9.17, 15) is 9.59 Å². The molecule has 11 heteroatoms. The van der Waals surface area contributed by atoms with E-state index in [2.05, 4.69) is 38.9 Å². The first-order chi connectivity index (χ1) is 18.2. The Morgan fingerprint density at radius 2 is 1.89 bits per heavy atom. The molecule has 0 atom stereocenters. The molecular formula is C27H32N8O2S. The average Bonchev–Trinajstić information content (AvgIpc) is 3.28. The van der Waals surface area contributed by atoms with Gasteiger partial charge < -0.3 is 20.0 Å². The van der Waals surface area contributed by atoms with Gasteiger partial charge in [-0.1, -0.05) is 6.58 Å². The number of rotatable bonds is 5. The third-order valence-corrected chi connectivity index (χ3v) is 7.92. The molecule has 198 valence electrons. The molecule has 0 radical (unpaired) electrons. The third kappa shape index (κ3) is 4.58. The summed E-state index contributed by atoms with van der Waals surface area (Å²) in [5.74, 6) is 0.932. The smallest absolute Gasteiger partial charge is 0.280 e. The minimum atomic E-state index is -0.143. The first-order valence-corrected chi connectivity index (χ1v) is 13.4. The SMILES string of the molecule is C=CC(=O)N1CCN(c2ccc(Nc3ncc4c(n3)N(C)c3sc(C)nc3C(=O)N4C(C)C)c(C)c2)CC1. The summed E-state index contributed by atoms with van der Waals surface area (Å²) in [6.07, 6.45) is 3.08. The van der Waals surface area contributed by atoms with Crippen LogP contribution < -0.4 is 20.0 Å². The van der Waals surface area contributed by atoms with Crippen LogP contribution in [0.25, 0.3) is 0 Å². The second-order valence-electron chi connectivity index (χ2n) is 9.76. The zero-order valence-electron chi connectivity index (χ0n) is 22.4. The van der Waals surface area contributed by atoms with Crippen LogP contribution in [-0.4, -0.2) is 70.9 Å². The summed E-state index contributed by atoms with van der Waals surface area (Å²) in [5, 5.41) is 4.97. The highest BCUT2D eigenvalue weighted by molar-refractivity contribution is 7.16. The highest BCUT2D eigenvalue weighted by Crippen LogP contribution is 2.42. The predicted molar refractivity (Wildman–Crippen MR) is 152 cm³/mol. The fourth-order valence-electron chi connectivity index (χ4n) is 4.88. The lowest BCUT2D eigenvalue weighted by Crippen LogP contribution is -2.48. The first-order valence-electron chi connectivity index (χ1n) is 12.6. The topological polar surface area (TPSA) is 97.8 Å². The van der Waals surface area contributed by atoms with Gasteiger partial charge in [0.05, 0.1) is 11.2 Å².